The Morgan fingerprint density at radius 3 is 2.44 bits per heavy atom. The average molecular weight is 235 g/mol. The summed E-state index contributed by atoms with van der Waals surface area (Å²) < 4.78 is 0. The lowest BCUT2D eigenvalue weighted by Gasteiger charge is -2.24. The Hall–Kier alpha value is -1.81. The zero-order chi connectivity index (χ0) is 12.4. The zero-order valence-corrected chi connectivity index (χ0v) is 10.5. The monoisotopic (exact) mass is 235 g/mol. The van der Waals surface area contributed by atoms with E-state index in [1.54, 1.807) is 0 Å². The van der Waals surface area contributed by atoms with Gasteiger partial charge in [-0.2, -0.15) is 0 Å². The fourth-order valence-electron chi connectivity index (χ4n) is 3.26. The summed E-state index contributed by atoms with van der Waals surface area (Å²) in [6, 6.07) is 15.2. The lowest BCUT2D eigenvalue weighted by Crippen LogP contribution is -2.25. The van der Waals surface area contributed by atoms with Crippen LogP contribution in [0.25, 0.3) is 15.6 Å². The third-order valence-electron chi connectivity index (χ3n) is 4.30. The SMILES string of the molecule is [C-]#[N+]CC1(c2ccc3ccccc3c2)CCCC1. The third kappa shape index (κ3) is 1.78. The minimum atomic E-state index is 0.131. The molecule has 1 aliphatic rings. The van der Waals surface area contributed by atoms with Gasteiger partial charge in [0.1, 0.15) is 0 Å². The highest BCUT2D eigenvalue weighted by Crippen LogP contribution is 2.42. The fourth-order valence-corrected chi connectivity index (χ4v) is 3.26. The van der Waals surface area contributed by atoms with Crippen molar-refractivity contribution in [2.45, 2.75) is 31.1 Å². The maximum atomic E-state index is 7.23. The van der Waals surface area contributed by atoms with Crippen LogP contribution >= 0.6 is 0 Å². The Labute approximate surface area is 108 Å². The number of fused-ring (bicyclic) bond motifs is 1. The van der Waals surface area contributed by atoms with Crippen molar-refractivity contribution in [2.75, 3.05) is 6.54 Å². The second-order valence-corrected chi connectivity index (χ2v) is 5.37. The van der Waals surface area contributed by atoms with Crippen molar-refractivity contribution in [3.63, 3.8) is 0 Å². The van der Waals surface area contributed by atoms with E-state index in [0.29, 0.717) is 6.54 Å². The normalized spacial score (nSPS) is 17.7. The standard InChI is InChI=1S/C17H17N/c1-18-13-17(10-4-5-11-17)16-9-8-14-6-2-3-7-15(14)12-16/h2-3,6-9,12H,4-5,10-11,13H2. The predicted molar refractivity (Wildman–Crippen MR) is 75.6 cm³/mol. The highest BCUT2D eigenvalue weighted by Gasteiger charge is 2.38. The van der Waals surface area contributed by atoms with E-state index in [1.807, 2.05) is 0 Å². The number of nitrogens with zero attached hydrogens (tertiary/aromatic N) is 1. The van der Waals surface area contributed by atoms with E-state index in [9.17, 15) is 0 Å². The Balaban J connectivity index is 2.10. The summed E-state index contributed by atoms with van der Waals surface area (Å²) in [5.74, 6) is 0. The van der Waals surface area contributed by atoms with E-state index in [4.69, 9.17) is 6.57 Å². The van der Waals surface area contributed by atoms with E-state index >= 15 is 0 Å². The van der Waals surface area contributed by atoms with Gasteiger partial charge >= 0.3 is 0 Å². The van der Waals surface area contributed by atoms with Gasteiger partial charge in [0, 0.05) is 0 Å². The van der Waals surface area contributed by atoms with Gasteiger partial charge < -0.3 is 4.85 Å². The molecule has 0 N–H and O–H groups in total. The van der Waals surface area contributed by atoms with Crippen LogP contribution in [-0.4, -0.2) is 6.54 Å². The molecule has 1 heteroatoms. The molecule has 0 spiro atoms. The summed E-state index contributed by atoms with van der Waals surface area (Å²) in [5, 5.41) is 2.59. The van der Waals surface area contributed by atoms with E-state index in [1.165, 1.54) is 42.0 Å². The minimum absolute atomic E-state index is 0.131. The first-order valence-corrected chi connectivity index (χ1v) is 6.67. The van der Waals surface area contributed by atoms with Crippen LogP contribution in [0.4, 0.5) is 0 Å². The molecule has 0 saturated heterocycles. The molecule has 18 heavy (non-hydrogen) atoms. The highest BCUT2D eigenvalue weighted by molar-refractivity contribution is 5.83. The summed E-state index contributed by atoms with van der Waals surface area (Å²) in [7, 11) is 0. The molecule has 0 aliphatic heterocycles. The fraction of sp³-hybridized carbons (Fsp3) is 0.353. The zero-order valence-electron chi connectivity index (χ0n) is 10.5. The summed E-state index contributed by atoms with van der Waals surface area (Å²) >= 11 is 0. The number of hydrogen-bond acceptors (Lipinski definition) is 0. The van der Waals surface area contributed by atoms with Crippen LogP contribution in [0.5, 0.6) is 0 Å². The van der Waals surface area contributed by atoms with Crippen LogP contribution in [-0.2, 0) is 5.41 Å². The molecule has 2 aromatic carbocycles. The van der Waals surface area contributed by atoms with Gasteiger partial charge in [-0.1, -0.05) is 55.3 Å². The molecule has 1 nitrogen and oxygen atoms in total. The molecule has 0 unspecified atom stereocenters. The van der Waals surface area contributed by atoms with Gasteiger partial charge in [-0.05, 0) is 29.2 Å². The van der Waals surface area contributed by atoms with Crippen molar-refractivity contribution in [3.05, 3.63) is 59.4 Å². The van der Waals surface area contributed by atoms with Crippen LogP contribution < -0.4 is 0 Å². The van der Waals surface area contributed by atoms with Crippen molar-refractivity contribution in [3.8, 4) is 0 Å². The number of rotatable bonds is 2. The minimum Gasteiger partial charge on any atom is -0.316 e. The van der Waals surface area contributed by atoms with Crippen LogP contribution in [0.15, 0.2) is 42.5 Å². The molecular formula is C17H17N. The Kier molecular flexibility index (Phi) is 2.80. The smallest absolute Gasteiger partial charge is 0.224 e. The molecule has 0 aromatic heterocycles. The van der Waals surface area contributed by atoms with Gasteiger partial charge in [-0.15, -0.1) is 0 Å². The molecule has 2 aromatic rings. The van der Waals surface area contributed by atoms with Gasteiger partial charge in [0.25, 0.3) is 0 Å². The molecule has 3 rings (SSSR count). The molecule has 1 saturated carbocycles. The second kappa shape index (κ2) is 4.46. The van der Waals surface area contributed by atoms with E-state index < -0.39 is 0 Å². The molecule has 1 aliphatic carbocycles. The highest BCUT2D eigenvalue weighted by atomic mass is 14.7. The van der Waals surface area contributed by atoms with Crippen molar-refractivity contribution < 1.29 is 0 Å². The van der Waals surface area contributed by atoms with E-state index in [0.717, 1.165) is 0 Å². The van der Waals surface area contributed by atoms with Gasteiger partial charge in [-0.25, -0.2) is 6.57 Å². The molecule has 0 radical (unpaired) electrons. The molecule has 0 atom stereocenters. The van der Waals surface area contributed by atoms with Crippen LogP contribution in [0, 0.1) is 6.57 Å². The van der Waals surface area contributed by atoms with Crippen LogP contribution in [0.2, 0.25) is 0 Å². The summed E-state index contributed by atoms with van der Waals surface area (Å²) in [6.45, 7) is 7.87. The van der Waals surface area contributed by atoms with Crippen LogP contribution in [0.3, 0.4) is 0 Å². The lowest BCUT2D eigenvalue weighted by molar-refractivity contribution is 0.479. The summed E-state index contributed by atoms with van der Waals surface area (Å²) in [6.07, 6.45) is 4.88. The van der Waals surface area contributed by atoms with Gasteiger partial charge in [0.15, 0.2) is 0 Å². The van der Waals surface area contributed by atoms with Crippen molar-refractivity contribution in [1.82, 2.24) is 0 Å². The molecule has 0 amide bonds. The Morgan fingerprint density at radius 1 is 1.00 bits per heavy atom. The summed E-state index contributed by atoms with van der Waals surface area (Å²) in [4.78, 5) is 3.70. The topological polar surface area (TPSA) is 4.36 Å². The lowest BCUT2D eigenvalue weighted by atomic mass is 9.78. The maximum Gasteiger partial charge on any atom is 0.224 e. The largest absolute Gasteiger partial charge is 0.316 e. The number of benzene rings is 2. The maximum absolute atomic E-state index is 7.23. The van der Waals surface area contributed by atoms with Gasteiger partial charge in [0.2, 0.25) is 6.54 Å². The third-order valence-corrected chi connectivity index (χ3v) is 4.30. The summed E-state index contributed by atoms with van der Waals surface area (Å²) in [5.41, 5.74) is 1.50. The van der Waals surface area contributed by atoms with Gasteiger partial charge in [-0.3, -0.25) is 0 Å². The van der Waals surface area contributed by atoms with E-state index in [2.05, 4.69) is 47.3 Å². The first-order chi connectivity index (χ1) is 8.84. The predicted octanol–water partition coefficient (Wildman–Crippen LogP) is 4.57. The second-order valence-electron chi connectivity index (χ2n) is 5.37. The molecule has 0 bridgehead atoms. The molecular weight excluding hydrogens is 218 g/mol. The first kappa shape index (κ1) is 11.3. The Morgan fingerprint density at radius 2 is 1.72 bits per heavy atom. The van der Waals surface area contributed by atoms with Crippen molar-refractivity contribution in [2.24, 2.45) is 0 Å². The van der Waals surface area contributed by atoms with Crippen molar-refractivity contribution >= 4 is 10.8 Å². The molecule has 1 fully saturated rings. The van der Waals surface area contributed by atoms with E-state index in [-0.39, 0.29) is 5.41 Å². The number of hydrogen-bond donors (Lipinski definition) is 0. The first-order valence-electron chi connectivity index (χ1n) is 6.67. The van der Waals surface area contributed by atoms with Crippen molar-refractivity contribution in [1.29, 1.82) is 0 Å². The van der Waals surface area contributed by atoms with Gasteiger partial charge in [0.05, 0.1) is 5.41 Å². The van der Waals surface area contributed by atoms with Crippen LogP contribution in [0.1, 0.15) is 31.2 Å². The Bertz CT molecular complexity index is 600. The molecule has 90 valence electrons. The quantitative estimate of drug-likeness (QED) is 0.671. The molecule has 0 heterocycles. The average Bonchev–Trinajstić information content (AvgIpc) is 2.88.